The van der Waals surface area contributed by atoms with Crippen LogP contribution in [-0.2, 0) is 14.3 Å². The molecule has 2 aliphatic rings. The van der Waals surface area contributed by atoms with E-state index in [1.54, 1.807) is 11.3 Å². The van der Waals surface area contributed by atoms with Gasteiger partial charge < -0.3 is 19.7 Å². The lowest BCUT2D eigenvalue weighted by molar-refractivity contribution is -0.125. The van der Waals surface area contributed by atoms with Gasteiger partial charge in [-0.1, -0.05) is 11.3 Å². The third kappa shape index (κ3) is 2.88. The number of anilines is 1. The Morgan fingerprint density at radius 1 is 1.62 bits per heavy atom. The van der Waals surface area contributed by atoms with E-state index in [9.17, 15) is 4.79 Å². The van der Waals surface area contributed by atoms with Crippen molar-refractivity contribution in [3.05, 3.63) is 5.01 Å². The summed E-state index contributed by atoms with van der Waals surface area (Å²) in [6.45, 7) is 5.86. The van der Waals surface area contributed by atoms with Gasteiger partial charge in [0, 0.05) is 38.1 Å². The highest BCUT2D eigenvalue weighted by Crippen LogP contribution is 2.42. The molecule has 0 saturated carbocycles. The summed E-state index contributed by atoms with van der Waals surface area (Å²) < 4.78 is 10.5. The maximum Gasteiger partial charge on any atom is 0.246 e. The van der Waals surface area contributed by atoms with Crippen LogP contribution in [0.15, 0.2) is 0 Å². The van der Waals surface area contributed by atoms with Gasteiger partial charge in [0.2, 0.25) is 11.0 Å². The highest BCUT2D eigenvalue weighted by Gasteiger charge is 2.51. The van der Waals surface area contributed by atoms with Crippen LogP contribution in [0.25, 0.3) is 0 Å². The Morgan fingerprint density at radius 2 is 2.48 bits per heavy atom. The molecule has 0 aromatic carbocycles. The van der Waals surface area contributed by atoms with E-state index >= 15 is 0 Å². The average Bonchev–Trinajstić information content (AvgIpc) is 3.10. The normalized spacial score (nSPS) is 27.9. The summed E-state index contributed by atoms with van der Waals surface area (Å²) in [6.07, 6.45) is 0. The number of amides is 1. The second kappa shape index (κ2) is 5.86. The van der Waals surface area contributed by atoms with E-state index in [4.69, 9.17) is 9.47 Å². The topological polar surface area (TPSA) is 76.6 Å². The predicted octanol–water partition coefficient (Wildman–Crippen LogP) is 0.0619. The van der Waals surface area contributed by atoms with Crippen LogP contribution in [0.2, 0.25) is 0 Å². The summed E-state index contributed by atoms with van der Waals surface area (Å²) in [6, 6.07) is 0. The van der Waals surface area contributed by atoms with Gasteiger partial charge >= 0.3 is 0 Å². The standard InChI is InChI=1S/C13H20N4O3S/c1-9-15-16-12(21-9)17-3-10-4-20-8-13(10,7-17)6-14-11(18)5-19-2/h10H,3-8H2,1-2H3,(H,14,18)/t10-,13+/m1/s1. The minimum Gasteiger partial charge on any atom is -0.380 e. The van der Waals surface area contributed by atoms with Crippen LogP contribution < -0.4 is 10.2 Å². The Kier molecular flexibility index (Phi) is 4.10. The molecule has 21 heavy (non-hydrogen) atoms. The number of nitrogens with zero attached hydrogens (tertiary/aromatic N) is 3. The van der Waals surface area contributed by atoms with Gasteiger partial charge in [-0.25, -0.2) is 0 Å². The highest BCUT2D eigenvalue weighted by molar-refractivity contribution is 7.15. The monoisotopic (exact) mass is 312 g/mol. The van der Waals surface area contributed by atoms with Crippen molar-refractivity contribution in [1.29, 1.82) is 0 Å². The first kappa shape index (κ1) is 14.7. The quantitative estimate of drug-likeness (QED) is 0.829. The fourth-order valence-corrected chi connectivity index (χ4v) is 3.79. The van der Waals surface area contributed by atoms with Crippen LogP contribution in [0, 0.1) is 18.3 Å². The molecule has 116 valence electrons. The van der Waals surface area contributed by atoms with Crippen LogP contribution in [0.1, 0.15) is 5.01 Å². The number of carbonyl (C=O) groups excluding carboxylic acids is 1. The Bertz CT molecular complexity index is 523. The number of rotatable bonds is 5. The van der Waals surface area contributed by atoms with Gasteiger partial charge in [0.1, 0.15) is 11.6 Å². The molecule has 8 heteroatoms. The highest BCUT2D eigenvalue weighted by atomic mass is 32.1. The maximum absolute atomic E-state index is 11.6. The van der Waals surface area contributed by atoms with E-state index in [1.165, 1.54) is 7.11 Å². The van der Waals surface area contributed by atoms with Gasteiger partial charge in [0.25, 0.3) is 0 Å². The first-order chi connectivity index (χ1) is 10.1. The molecular weight excluding hydrogens is 292 g/mol. The van der Waals surface area contributed by atoms with E-state index in [0.29, 0.717) is 19.1 Å². The van der Waals surface area contributed by atoms with Gasteiger partial charge in [-0.3, -0.25) is 4.79 Å². The van der Waals surface area contributed by atoms with Crippen molar-refractivity contribution in [2.75, 3.05) is 51.5 Å². The first-order valence-electron chi connectivity index (χ1n) is 7.01. The Hall–Kier alpha value is -1.25. The fraction of sp³-hybridized carbons (Fsp3) is 0.769. The van der Waals surface area contributed by atoms with Crippen molar-refractivity contribution in [1.82, 2.24) is 15.5 Å². The maximum atomic E-state index is 11.6. The zero-order valence-corrected chi connectivity index (χ0v) is 13.1. The van der Waals surface area contributed by atoms with Gasteiger partial charge in [0.15, 0.2) is 0 Å². The van der Waals surface area contributed by atoms with Crippen molar-refractivity contribution in [2.45, 2.75) is 6.92 Å². The predicted molar refractivity (Wildman–Crippen MR) is 78.5 cm³/mol. The lowest BCUT2D eigenvalue weighted by Gasteiger charge is -2.27. The van der Waals surface area contributed by atoms with E-state index < -0.39 is 0 Å². The molecule has 7 nitrogen and oxygen atoms in total. The molecule has 3 heterocycles. The molecule has 1 aromatic heterocycles. The molecule has 0 aliphatic carbocycles. The van der Waals surface area contributed by atoms with Crippen LogP contribution in [0.5, 0.6) is 0 Å². The SMILES string of the molecule is COCC(=O)NC[C@]12COC[C@H]1CN(c1nnc(C)s1)C2. The smallest absolute Gasteiger partial charge is 0.246 e. The summed E-state index contributed by atoms with van der Waals surface area (Å²) in [7, 11) is 1.52. The third-order valence-corrected chi connectivity index (χ3v) is 5.12. The van der Waals surface area contributed by atoms with Crippen LogP contribution in [-0.4, -0.2) is 62.7 Å². The summed E-state index contributed by atoms with van der Waals surface area (Å²) in [4.78, 5) is 13.9. The van der Waals surface area contributed by atoms with Crippen molar-refractivity contribution >= 4 is 22.4 Å². The molecule has 0 spiro atoms. The lowest BCUT2D eigenvalue weighted by atomic mass is 9.81. The van der Waals surface area contributed by atoms with E-state index in [-0.39, 0.29) is 17.9 Å². The minimum atomic E-state index is -0.0808. The number of fused-ring (bicyclic) bond motifs is 1. The van der Waals surface area contributed by atoms with Crippen LogP contribution in [0.3, 0.4) is 0 Å². The largest absolute Gasteiger partial charge is 0.380 e. The zero-order chi connectivity index (χ0) is 14.9. The summed E-state index contributed by atoms with van der Waals surface area (Å²) >= 11 is 1.61. The van der Waals surface area contributed by atoms with Crippen molar-refractivity contribution in [3.63, 3.8) is 0 Å². The van der Waals surface area contributed by atoms with Crippen LogP contribution in [0.4, 0.5) is 5.13 Å². The fourth-order valence-electron chi connectivity index (χ4n) is 3.10. The van der Waals surface area contributed by atoms with Gasteiger partial charge in [0.05, 0.1) is 13.2 Å². The molecular formula is C13H20N4O3S. The average molecular weight is 312 g/mol. The molecule has 0 radical (unpaired) electrons. The number of nitrogens with one attached hydrogen (secondary N) is 1. The molecule has 2 aliphatic heterocycles. The molecule has 1 N–H and O–H groups in total. The Balaban J connectivity index is 1.67. The Morgan fingerprint density at radius 3 is 3.19 bits per heavy atom. The number of ether oxygens (including phenoxy) is 2. The van der Waals surface area contributed by atoms with Crippen molar-refractivity contribution < 1.29 is 14.3 Å². The van der Waals surface area contributed by atoms with Crippen molar-refractivity contribution in [2.24, 2.45) is 11.3 Å². The number of aromatic nitrogens is 2. The number of hydrogen-bond acceptors (Lipinski definition) is 7. The van der Waals surface area contributed by atoms with Gasteiger partial charge in [-0.2, -0.15) is 0 Å². The van der Waals surface area contributed by atoms with E-state index in [2.05, 4.69) is 20.4 Å². The summed E-state index contributed by atoms with van der Waals surface area (Å²) in [5.74, 6) is 0.340. The molecule has 0 bridgehead atoms. The minimum absolute atomic E-state index is 0.0248. The van der Waals surface area contributed by atoms with Gasteiger partial charge in [-0.05, 0) is 6.92 Å². The number of methoxy groups -OCH3 is 1. The van der Waals surface area contributed by atoms with Crippen molar-refractivity contribution in [3.8, 4) is 0 Å². The third-order valence-electron chi connectivity index (χ3n) is 4.22. The van der Waals surface area contributed by atoms with E-state index in [1.807, 2.05) is 6.92 Å². The summed E-state index contributed by atoms with van der Waals surface area (Å²) in [5.41, 5.74) is -0.0248. The summed E-state index contributed by atoms with van der Waals surface area (Å²) in [5, 5.41) is 13.2. The number of hydrogen-bond donors (Lipinski definition) is 1. The molecule has 1 amide bonds. The molecule has 0 unspecified atom stereocenters. The lowest BCUT2D eigenvalue weighted by Crippen LogP contribution is -2.44. The first-order valence-corrected chi connectivity index (χ1v) is 7.83. The van der Waals surface area contributed by atoms with E-state index in [0.717, 1.165) is 29.8 Å². The molecule has 1 aromatic rings. The molecule has 3 rings (SSSR count). The number of aryl methyl sites for hydroxylation is 1. The van der Waals surface area contributed by atoms with Gasteiger partial charge in [-0.15, -0.1) is 10.2 Å². The zero-order valence-electron chi connectivity index (χ0n) is 12.3. The molecule has 2 atom stereocenters. The molecule has 2 fully saturated rings. The second-order valence-corrected chi connectivity index (χ2v) is 6.93. The van der Waals surface area contributed by atoms with Crippen LogP contribution >= 0.6 is 11.3 Å². The molecule has 2 saturated heterocycles. The second-order valence-electron chi connectivity index (χ2n) is 5.77. The number of carbonyl (C=O) groups is 1. The Labute approximate surface area is 127 Å².